The average Bonchev–Trinajstić information content (AvgIpc) is 2.69. The third-order valence-electron chi connectivity index (χ3n) is 4.94. The van der Waals surface area contributed by atoms with Gasteiger partial charge in [-0.2, -0.15) is 0 Å². The Bertz CT molecular complexity index is 877. The first kappa shape index (κ1) is 20.7. The maximum Gasteiger partial charge on any atom is 0.239 e. The molecular weight excluding hydrogens is 360 g/mol. The molecule has 3 rings (SSSR count). The van der Waals surface area contributed by atoms with E-state index in [2.05, 4.69) is 47.8 Å². The van der Waals surface area contributed by atoms with Crippen molar-refractivity contribution < 1.29 is 4.79 Å². The molecule has 0 saturated carbocycles. The predicted octanol–water partition coefficient (Wildman–Crippen LogP) is 4.00. The molecular formula is C24H28N4O. The van der Waals surface area contributed by atoms with Crippen molar-refractivity contribution in [3.05, 3.63) is 95.6 Å². The zero-order valence-electron chi connectivity index (χ0n) is 17.2. The summed E-state index contributed by atoms with van der Waals surface area (Å²) in [4.78, 5) is 23.0. The van der Waals surface area contributed by atoms with Crippen LogP contribution in [-0.4, -0.2) is 20.8 Å². The van der Waals surface area contributed by atoms with Gasteiger partial charge >= 0.3 is 0 Å². The summed E-state index contributed by atoms with van der Waals surface area (Å²) in [6.07, 6.45) is 7.12. The van der Waals surface area contributed by atoms with Crippen molar-refractivity contribution in [2.75, 3.05) is 0 Å². The quantitative estimate of drug-likeness (QED) is 0.664. The number of rotatable bonds is 7. The fraction of sp³-hybridized carbons (Fsp3) is 0.292. The number of nitrogens with two attached hydrogens (primary N) is 1. The first-order valence-electron chi connectivity index (χ1n) is 9.76. The van der Waals surface area contributed by atoms with Gasteiger partial charge in [0.1, 0.15) is 6.04 Å². The second-order valence-corrected chi connectivity index (χ2v) is 8.30. The number of carbonyl (C=O) groups excluding carboxylic acids is 1. The van der Waals surface area contributed by atoms with Crippen molar-refractivity contribution >= 4 is 5.91 Å². The lowest BCUT2D eigenvalue weighted by Crippen LogP contribution is -2.37. The maximum absolute atomic E-state index is 12.6. The summed E-state index contributed by atoms with van der Waals surface area (Å²) >= 11 is 0. The summed E-state index contributed by atoms with van der Waals surface area (Å²) in [7, 11) is 0. The molecule has 0 saturated heterocycles. The van der Waals surface area contributed by atoms with Crippen LogP contribution in [0.5, 0.6) is 0 Å². The van der Waals surface area contributed by atoms with Gasteiger partial charge in [0.25, 0.3) is 0 Å². The Hall–Kier alpha value is -3.05. The van der Waals surface area contributed by atoms with Gasteiger partial charge in [-0.05, 0) is 39.8 Å². The Balaban J connectivity index is 1.96. The lowest BCUT2D eigenvalue weighted by molar-refractivity contribution is -0.124. The summed E-state index contributed by atoms with van der Waals surface area (Å²) in [5, 5.41) is 0. The molecule has 0 bridgehead atoms. The van der Waals surface area contributed by atoms with Crippen LogP contribution in [0.15, 0.2) is 73.3 Å². The smallest absolute Gasteiger partial charge is 0.239 e. The predicted molar refractivity (Wildman–Crippen MR) is 115 cm³/mol. The van der Waals surface area contributed by atoms with E-state index < -0.39 is 6.04 Å². The van der Waals surface area contributed by atoms with Gasteiger partial charge in [-0.1, -0.05) is 57.2 Å². The molecule has 1 unspecified atom stereocenters. The first-order chi connectivity index (χ1) is 13.8. The van der Waals surface area contributed by atoms with E-state index in [4.69, 9.17) is 5.73 Å². The van der Waals surface area contributed by atoms with Gasteiger partial charge in [0.2, 0.25) is 5.91 Å². The first-order valence-corrected chi connectivity index (χ1v) is 9.76. The van der Waals surface area contributed by atoms with E-state index in [0.29, 0.717) is 13.1 Å². The minimum absolute atomic E-state index is 0.0475. The average molecular weight is 389 g/mol. The van der Waals surface area contributed by atoms with Crippen molar-refractivity contribution in [1.29, 1.82) is 0 Å². The van der Waals surface area contributed by atoms with Gasteiger partial charge < -0.3 is 5.73 Å². The van der Waals surface area contributed by atoms with Crippen LogP contribution in [0.25, 0.3) is 0 Å². The SMILES string of the molecule is CC(C)(C)c1ccc(C(C(N)=O)N(Cc2cccnc2)Cc2cccnc2)cc1. The fourth-order valence-electron chi connectivity index (χ4n) is 3.41. The number of primary amides is 1. The number of aromatic nitrogens is 2. The maximum atomic E-state index is 12.6. The number of hydrogen-bond donors (Lipinski definition) is 1. The topological polar surface area (TPSA) is 72.1 Å². The van der Waals surface area contributed by atoms with E-state index in [1.54, 1.807) is 12.4 Å². The molecule has 150 valence electrons. The van der Waals surface area contributed by atoms with Crippen LogP contribution >= 0.6 is 0 Å². The molecule has 3 aromatic rings. The highest BCUT2D eigenvalue weighted by atomic mass is 16.1. The number of hydrogen-bond acceptors (Lipinski definition) is 4. The number of nitrogens with zero attached hydrogens (tertiary/aromatic N) is 3. The molecule has 1 amide bonds. The van der Waals surface area contributed by atoms with Gasteiger partial charge in [0.15, 0.2) is 0 Å². The summed E-state index contributed by atoms with van der Waals surface area (Å²) in [5.74, 6) is -0.374. The van der Waals surface area contributed by atoms with Crippen molar-refractivity contribution in [2.45, 2.75) is 45.3 Å². The van der Waals surface area contributed by atoms with Gasteiger partial charge in [-0.3, -0.25) is 19.7 Å². The van der Waals surface area contributed by atoms with Gasteiger partial charge in [0, 0.05) is 37.9 Å². The monoisotopic (exact) mass is 388 g/mol. The number of carbonyl (C=O) groups is 1. The lowest BCUT2D eigenvalue weighted by Gasteiger charge is -2.30. The highest BCUT2D eigenvalue weighted by molar-refractivity contribution is 5.81. The van der Waals surface area contributed by atoms with Crippen LogP contribution in [0.3, 0.4) is 0 Å². The van der Waals surface area contributed by atoms with Crippen LogP contribution in [-0.2, 0) is 23.3 Å². The van der Waals surface area contributed by atoms with Crippen LogP contribution in [0, 0.1) is 0 Å². The summed E-state index contributed by atoms with van der Waals surface area (Å²) in [6, 6.07) is 15.4. The van der Waals surface area contributed by atoms with E-state index >= 15 is 0 Å². The molecule has 5 heteroatoms. The molecule has 2 aromatic heterocycles. The minimum atomic E-state index is -0.551. The zero-order valence-corrected chi connectivity index (χ0v) is 17.2. The molecule has 0 aliphatic heterocycles. The second-order valence-electron chi connectivity index (χ2n) is 8.30. The summed E-state index contributed by atoms with van der Waals surface area (Å²) in [5.41, 5.74) is 10.1. The van der Waals surface area contributed by atoms with Gasteiger partial charge in [-0.25, -0.2) is 0 Å². The molecule has 1 aromatic carbocycles. The Morgan fingerprint density at radius 2 is 1.45 bits per heavy atom. The standard InChI is InChI=1S/C24H28N4O/c1-24(2,3)21-10-8-20(9-11-21)22(23(25)29)28(16-18-6-4-12-26-14-18)17-19-7-5-13-27-15-19/h4-15,22H,16-17H2,1-3H3,(H2,25,29). The van der Waals surface area contributed by atoms with E-state index in [9.17, 15) is 4.79 Å². The van der Waals surface area contributed by atoms with Crippen molar-refractivity contribution in [3.63, 3.8) is 0 Å². The Labute approximate surface area is 172 Å². The lowest BCUT2D eigenvalue weighted by atomic mass is 9.86. The molecule has 2 heterocycles. The van der Waals surface area contributed by atoms with Crippen LogP contribution in [0.4, 0.5) is 0 Å². The molecule has 0 aliphatic rings. The van der Waals surface area contributed by atoms with Gasteiger partial charge in [0.05, 0.1) is 0 Å². The van der Waals surface area contributed by atoms with Crippen LogP contribution in [0.2, 0.25) is 0 Å². The molecule has 1 atom stereocenters. The number of amides is 1. The van der Waals surface area contributed by atoms with Gasteiger partial charge in [-0.15, -0.1) is 0 Å². The second kappa shape index (κ2) is 8.97. The highest BCUT2D eigenvalue weighted by Crippen LogP contribution is 2.28. The van der Waals surface area contributed by atoms with Crippen molar-refractivity contribution in [1.82, 2.24) is 14.9 Å². The minimum Gasteiger partial charge on any atom is -0.368 e. The van der Waals surface area contributed by atoms with E-state index in [1.165, 1.54) is 5.56 Å². The largest absolute Gasteiger partial charge is 0.368 e. The Kier molecular flexibility index (Phi) is 6.39. The zero-order chi connectivity index (χ0) is 20.9. The van der Waals surface area contributed by atoms with E-state index in [0.717, 1.165) is 16.7 Å². The molecule has 5 nitrogen and oxygen atoms in total. The van der Waals surface area contributed by atoms with Crippen molar-refractivity contribution in [3.8, 4) is 0 Å². The molecule has 29 heavy (non-hydrogen) atoms. The molecule has 0 spiro atoms. The van der Waals surface area contributed by atoms with E-state index in [-0.39, 0.29) is 11.3 Å². The normalized spacial score (nSPS) is 12.7. The Morgan fingerprint density at radius 1 is 0.931 bits per heavy atom. The molecule has 0 fully saturated rings. The highest BCUT2D eigenvalue weighted by Gasteiger charge is 2.27. The summed E-state index contributed by atoms with van der Waals surface area (Å²) in [6.45, 7) is 7.62. The van der Waals surface area contributed by atoms with Crippen LogP contribution < -0.4 is 5.73 Å². The third-order valence-corrected chi connectivity index (χ3v) is 4.94. The summed E-state index contributed by atoms with van der Waals surface area (Å²) < 4.78 is 0. The molecule has 0 radical (unpaired) electrons. The molecule has 0 aliphatic carbocycles. The number of benzene rings is 1. The van der Waals surface area contributed by atoms with Crippen LogP contribution in [0.1, 0.15) is 49.1 Å². The number of pyridine rings is 2. The Morgan fingerprint density at radius 3 is 1.83 bits per heavy atom. The van der Waals surface area contributed by atoms with Crippen molar-refractivity contribution in [2.24, 2.45) is 5.73 Å². The third kappa shape index (κ3) is 5.48. The molecule has 2 N–H and O–H groups in total. The van der Waals surface area contributed by atoms with E-state index in [1.807, 2.05) is 48.8 Å². The fourth-order valence-corrected chi connectivity index (χ4v) is 3.41.